The molecule has 0 bridgehead atoms. The molecule has 0 unspecified atom stereocenters. The molecule has 42 valence electrons. The Kier molecular flexibility index (Phi) is 1.42. The first-order valence-corrected chi connectivity index (χ1v) is 2.41. The summed E-state index contributed by atoms with van der Waals surface area (Å²) in [6.45, 7) is 0. The summed E-state index contributed by atoms with van der Waals surface area (Å²) in [5, 5.41) is 0. The van der Waals surface area contributed by atoms with Gasteiger partial charge < -0.3 is 4.79 Å². The Balaban J connectivity index is 2.62. The van der Waals surface area contributed by atoms with Gasteiger partial charge in [-0.2, -0.15) is 0 Å². The predicted octanol–water partition coefficient (Wildman–Crippen LogP) is -0.430. The van der Waals surface area contributed by atoms with Gasteiger partial charge in [-0.1, -0.05) is 0 Å². The third-order valence-corrected chi connectivity index (χ3v) is 0.886. The zero-order valence-corrected chi connectivity index (χ0v) is 4.35. The number of aromatic nitrogens is 2. The van der Waals surface area contributed by atoms with Crippen LogP contribution in [0.15, 0.2) is 12.4 Å². The molecular formula is C5H7N2O+. The normalized spacial score (nSPS) is 9.00. The van der Waals surface area contributed by atoms with Crippen molar-refractivity contribution in [3.8, 4) is 0 Å². The maximum Gasteiger partial charge on any atom is 0.259 e. The Morgan fingerprint density at radius 1 is 1.88 bits per heavy atom. The third kappa shape index (κ3) is 0.932. The van der Waals surface area contributed by atoms with E-state index in [4.69, 9.17) is 0 Å². The van der Waals surface area contributed by atoms with E-state index < -0.39 is 0 Å². The molecular weight excluding hydrogens is 104 g/mol. The molecule has 0 aliphatic heterocycles. The molecule has 0 atom stereocenters. The van der Waals surface area contributed by atoms with Crippen LogP contribution >= 0.6 is 0 Å². The smallest absolute Gasteiger partial charge is 0.259 e. The lowest BCUT2D eigenvalue weighted by Crippen LogP contribution is -2.05. The fourth-order valence-electron chi connectivity index (χ4n) is 0.527. The molecule has 0 aliphatic carbocycles. The van der Waals surface area contributed by atoms with E-state index >= 15 is 0 Å². The van der Waals surface area contributed by atoms with Gasteiger partial charge in [0.05, 0.1) is 0 Å². The molecule has 1 heterocycles. The summed E-state index contributed by atoms with van der Waals surface area (Å²) in [5.41, 5.74) is 0. The average Bonchev–Trinajstić information content (AvgIpc) is 2.19. The molecule has 1 aromatic rings. The Hall–Kier alpha value is -1.12. The van der Waals surface area contributed by atoms with Gasteiger partial charge in [0.25, 0.3) is 5.82 Å². The first-order valence-electron chi connectivity index (χ1n) is 2.41. The van der Waals surface area contributed by atoms with Gasteiger partial charge in [-0.15, -0.1) is 0 Å². The summed E-state index contributed by atoms with van der Waals surface area (Å²) >= 11 is 0. The minimum absolute atomic E-state index is 0.437. The number of hydrogen-bond donors (Lipinski definition) is 1. The highest BCUT2D eigenvalue weighted by Gasteiger charge is 1.95. The predicted molar refractivity (Wildman–Crippen MR) is 27.1 cm³/mol. The highest BCUT2D eigenvalue weighted by molar-refractivity contribution is 5.51. The maximum atomic E-state index is 9.83. The SMILES string of the molecule is O=CCc1[nH]cc[nH+]1. The van der Waals surface area contributed by atoms with Crippen molar-refractivity contribution in [2.75, 3.05) is 0 Å². The van der Waals surface area contributed by atoms with Gasteiger partial charge in [0, 0.05) is 0 Å². The molecule has 2 N–H and O–H groups in total. The standard InChI is InChI=1S/C5H6N2O/c8-4-1-5-6-2-3-7-5/h2-4H,1H2,(H,6,7)/p+1. The largest absolute Gasteiger partial charge is 0.303 e. The highest BCUT2D eigenvalue weighted by atomic mass is 16.1. The zero-order chi connectivity index (χ0) is 5.82. The average molecular weight is 111 g/mol. The zero-order valence-electron chi connectivity index (χ0n) is 4.35. The van der Waals surface area contributed by atoms with Crippen LogP contribution in [0.2, 0.25) is 0 Å². The van der Waals surface area contributed by atoms with Gasteiger partial charge in [0.2, 0.25) is 0 Å². The first-order chi connectivity index (χ1) is 3.93. The monoisotopic (exact) mass is 111 g/mol. The topological polar surface area (TPSA) is 47.0 Å². The minimum atomic E-state index is 0.437. The van der Waals surface area contributed by atoms with Crippen molar-refractivity contribution in [3.05, 3.63) is 18.2 Å². The second kappa shape index (κ2) is 2.26. The van der Waals surface area contributed by atoms with Gasteiger partial charge >= 0.3 is 0 Å². The summed E-state index contributed by atoms with van der Waals surface area (Å²) in [6.07, 6.45) is 4.78. The molecule has 0 fully saturated rings. The lowest BCUT2D eigenvalue weighted by Gasteiger charge is -1.71. The van der Waals surface area contributed by atoms with Crippen molar-refractivity contribution < 1.29 is 9.78 Å². The lowest BCUT2D eigenvalue weighted by atomic mass is 10.5. The van der Waals surface area contributed by atoms with Crippen molar-refractivity contribution in [2.45, 2.75) is 6.42 Å². The number of carbonyl (C=O) groups is 1. The van der Waals surface area contributed by atoms with E-state index in [9.17, 15) is 4.79 Å². The van der Waals surface area contributed by atoms with Gasteiger partial charge in [-0.05, 0) is 0 Å². The molecule has 0 radical (unpaired) electrons. The Labute approximate surface area is 46.8 Å². The Morgan fingerprint density at radius 2 is 2.75 bits per heavy atom. The van der Waals surface area contributed by atoms with Gasteiger partial charge in [-0.25, -0.2) is 9.97 Å². The van der Waals surface area contributed by atoms with Gasteiger partial charge in [0.1, 0.15) is 25.1 Å². The Bertz CT molecular complexity index is 157. The molecule has 3 nitrogen and oxygen atoms in total. The minimum Gasteiger partial charge on any atom is -0.303 e. The van der Waals surface area contributed by atoms with Crippen molar-refractivity contribution in [2.24, 2.45) is 0 Å². The van der Waals surface area contributed by atoms with Crippen LogP contribution in [0, 0.1) is 0 Å². The molecule has 0 aliphatic rings. The number of carbonyl (C=O) groups excluding carboxylic acids is 1. The van der Waals surface area contributed by atoms with E-state index in [0.717, 1.165) is 12.1 Å². The molecule has 3 heteroatoms. The van der Waals surface area contributed by atoms with E-state index in [-0.39, 0.29) is 0 Å². The van der Waals surface area contributed by atoms with Gasteiger partial charge in [0.15, 0.2) is 0 Å². The Morgan fingerprint density at radius 3 is 3.25 bits per heavy atom. The van der Waals surface area contributed by atoms with Gasteiger partial charge in [-0.3, -0.25) is 0 Å². The molecule has 8 heavy (non-hydrogen) atoms. The highest BCUT2D eigenvalue weighted by Crippen LogP contribution is 1.77. The number of imidazole rings is 1. The summed E-state index contributed by atoms with van der Waals surface area (Å²) in [6, 6.07) is 0. The first kappa shape index (κ1) is 5.03. The van der Waals surface area contributed by atoms with Crippen molar-refractivity contribution >= 4 is 6.29 Å². The fourth-order valence-corrected chi connectivity index (χ4v) is 0.527. The van der Waals surface area contributed by atoms with Crippen molar-refractivity contribution in [1.82, 2.24) is 4.98 Å². The summed E-state index contributed by atoms with van der Waals surface area (Å²) in [7, 11) is 0. The van der Waals surface area contributed by atoms with Crippen LogP contribution in [0.1, 0.15) is 5.82 Å². The van der Waals surface area contributed by atoms with Crippen LogP contribution in [0.3, 0.4) is 0 Å². The van der Waals surface area contributed by atoms with Crippen LogP contribution in [0.25, 0.3) is 0 Å². The summed E-state index contributed by atoms with van der Waals surface area (Å²) in [5.74, 6) is 0.847. The molecule has 0 spiro atoms. The number of rotatable bonds is 2. The molecule has 0 saturated carbocycles. The van der Waals surface area contributed by atoms with E-state index in [2.05, 4.69) is 9.97 Å². The van der Waals surface area contributed by atoms with E-state index in [1.807, 2.05) is 0 Å². The van der Waals surface area contributed by atoms with Crippen molar-refractivity contribution in [1.29, 1.82) is 0 Å². The lowest BCUT2D eigenvalue weighted by molar-refractivity contribution is -0.387. The number of hydrogen-bond acceptors (Lipinski definition) is 1. The maximum absolute atomic E-state index is 9.83. The fraction of sp³-hybridized carbons (Fsp3) is 0.200. The number of nitrogens with one attached hydrogen (secondary N) is 2. The molecule has 0 amide bonds. The number of aromatic amines is 2. The van der Waals surface area contributed by atoms with Crippen molar-refractivity contribution in [3.63, 3.8) is 0 Å². The van der Waals surface area contributed by atoms with Crippen LogP contribution in [0.5, 0.6) is 0 Å². The number of H-pyrrole nitrogens is 2. The van der Waals surface area contributed by atoms with E-state index in [1.165, 1.54) is 0 Å². The van der Waals surface area contributed by atoms with E-state index in [0.29, 0.717) is 6.42 Å². The van der Waals surface area contributed by atoms with Crippen LogP contribution in [-0.4, -0.2) is 11.3 Å². The second-order valence-electron chi connectivity index (χ2n) is 1.47. The molecule has 1 rings (SSSR count). The number of aldehydes is 1. The van der Waals surface area contributed by atoms with E-state index in [1.54, 1.807) is 12.4 Å². The summed E-state index contributed by atoms with van der Waals surface area (Å²) in [4.78, 5) is 15.5. The second-order valence-corrected chi connectivity index (χ2v) is 1.47. The molecule has 1 aromatic heterocycles. The van der Waals surface area contributed by atoms with Crippen LogP contribution < -0.4 is 4.98 Å². The third-order valence-electron chi connectivity index (χ3n) is 0.886. The quantitative estimate of drug-likeness (QED) is 0.517. The molecule has 0 aromatic carbocycles. The van der Waals surface area contributed by atoms with Crippen LogP contribution in [0.4, 0.5) is 0 Å². The van der Waals surface area contributed by atoms with Crippen LogP contribution in [-0.2, 0) is 11.2 Å². The summed E-state index contributed by atoms with van der Waals surface area (Å²) < 4.78 is 0. The molecule has 0 saturated heterocycles.